The van der Waals surface area contributed by atoms with Crippen molar-refractivity contribution in [1.29, 1.82) is 0 Å². The van der Waals surface area contributed by atoms with Crippen LogP contribution in [0.2, 0.25) is 0 Å². The molecule has 2 fully saturated rings. The van der Waals surface area contributed by atoms with Crippen LogP contribution in [-0.4, -0.2) is 46.5 Å². The van der Waals surface area contributed by atoms with Crippen molar-refractivity contribution in [3.63, 3.8) is 0 Å². The number of benzene rings is 1. The summed E-state index contributed by atoms with van der Waals surface area (Å²) in [6.07, 6.45) is 4.69. The number of aromatic nitrogens is 3. The maximum atomic E-state index is 9.88. The lowest BCUT2D eigenvalue weighted by atomic mass is 10.0. The van der Waals surface area contributed by atoms with E-state index >= 15 is 0 Å². The van der Waals surface area contributed by atoms with Crippen molar-refractivity contribution in [3.8, 4) is 17.1 Å². The van der Waals surface area contributed by atoms with E-state index in [1.54, 1.807) is 18.2 Å². The number of fused-ring (bicyclic) bond motifs is 1. The quantitative estimate of drug-likeness (QED) is 0.759. The summed E-state index contributed by atoms with van der Waals surface area (Å²) in [4.78, 5) is 11.8. The maximum absolute atomic E-state index is 9.88. The van der Waals surface area contributed by atoms with Gasteiger partial charge in [0.1, 0.15) is 17.0 Å². The van der Waals surface area contributed by atoms with Crippen LogP contribution in [-0.2, 0) is 4.74 Å². The van der Waals surface area contributed by atoms with Crippen molar-refractivity contribution in [3.05, 3.63) is 30.0 Å². The smallest absolute Gasteiger partial charge is 0.227 e. The Labute approximate surface area is 157 Å². The van der Waals surface area contributed by atoms with Crippen molar-refractivity contribution in [2.24, 2.45) is 0 Å². The first-order chi connectivity index (χ1) is 13.3. The molecule has 27 heavy (non-hydrogen) atoms. The van der Waals surface area contributed by atoms with Gasteiger partial charge >= 0.3 is 0 Å². The molecule has 5 rings (SSSR count). The van der Waals surface area contributed by atoms with Gasteiger partial charge in [0.05, 0.1) is 13.2 Å². The third kappa shape index (κ3) is 3.02. The highest BCUT2D eigenvalue weighted by Gasteiger charge is 2.28. The summed E-state index contributed by atoms with van der Waals surface area (Å²) < 4.78 is 11.2. The Kier molecular flexibility index (Phi) is 4.16. The summed E-state index contributed by atoms with van der Waals surface area (Å²) in [6.45, 7) is 2.84. The third-order valence-corrected chi connectivity index (χ3v) is 5.48. The van der Waals surface area contributed by atoms with Gasteiger partial charge in [-0.05, 0) is 25.0 Å². The largest absolute Gasteiger partial charge is 0.508 e. The predicted octanol–water partition coefficient (Wildman–Crippen LogP) is 3.48. The van der Waals surface area contributed by atoms with E-state index in [4.69, 9.17) is 19.2 Å². The van der Waals surface area contributed by atoms with Crippen LogP contribution in [0.25, 0.3) is 22.5 Å². The molecule has 140 valence electrons. The van der Waals surface area contributed by atoms with Crippen LogP contribution in [0.3, 0.4) is 0 Å². The molecular weight excluding hydrogens is 344 g/mol. The van der Waals surface area contributed by atoms with Crippen LogP contribution < -0.4 is 4.90 Å². The second-order valence-corrected chi connectivity index (χ2v) is 7.25. The molecule has 1 saturated carbocycles. The van der Waals surface area contributed by atoms with Gasteiger partial charge in [-0.25, -0.2) is 9.97 Å². The molecule has 1 aliphatic carbocycles. The molecule has 3 aromatic rings. The zero-order chi connectivity index (χ0) is 18.2. The van der Waals surface area contributed by atoms with Crippen molar-refractivity contribution >= 4 is 16.9 Å². The summed E-state index contributed by atoms with van der Waals surface area (Å²) in [5, 5.41) is 14.3. The second kappa shape index (κ2) is 6.81. The molecule has 0 bridgehead atoms. The molecule has 1 saturated heterocycles. The van der Waals surface area contributed by atoms with Gasteiger partial charge in [-0.1, -0.05) is 30.1 Å². The summed E-state index contributed by atoms with van der Waals surface area (Å²) in [6, 6.07) is 7.05. The Balaban J connectivity index is 1.68. The molecule has 0 amide bonds. The van der Waals surface area contributed by atoms with Crippen LogP contribution in [0.5, 0.6) is 5.75 Å². The molecule has 0 radical (unpaired) electrons. The Bertz CT molecular complexity index is 959. The lowest BCUT2D eigenvalue weighted by molar-refractivity contribution is 0.122. The summed E-state index contributed by atoms with van der Waals surface area (Å²) in [7, 11) is 0. The summed E-state index contributed by atoms with van der Waals surface area (Å²) in [5.41, 5.74) is 3.19. The van der Waals surface area contributed by atoms with Gasteiger partial charge in [-0.3, -0.25) is 0 Å². The van der Waals surface area contributed by atoms with E-state index in [1.165, 1.54) is 12.8 Å². The molecule has 0 spiro atoms. The van der Waals surface area contributed by atoms with Gasteiger partial charge < -0.3 is 19.3 Å². The normalized spacial score (nSPS) is 18.4. The van der Waals surface area contributed by atoms with Crippen LogP contribution in [0.1, 0.15) is 37.3 Å². The second-order valence-electron chi connectivity index (χ2n) is 7.25. The number of morpholine rings is 1. The number of phenolic OH excluding ortho intramolecular Hbond substituents is 1. The summed E-state index contributed by atoms with van der Waals surface area (Å²) in [5.74, 6) is 1.95. The standard InChI is InChI=1S/C20H22N4O3/c25-15-7-3-6-14(12-15)19-21-17-16(13-4-1-2-5-13)23-27-18(17)20(22-19)24-8-10-26-11-9-24/h3,6-7,12-13,25H,1-2,4-5,8-11H2. The Hall–Kier alpha value is -2.67. The average molecular weight is 366 g/mol. The molecule has 2 aliphatic rings. The van der Waals surface area contributed by atoms with E-state index < -0.39 is 0 Å². The average Bonchev–Trinajstić information content (AvgIpc) is 3.37. The highest BCUT2D eigenvalue weighted by molar-refractivity contribution is 5.88. The highest BCUT2D eigenvalue weighted by Crippen LogP contribution is 2.39. The first-order valence-electron chi connectivity index (χ1n) is 9.59. The van der Waals surface area contributed by atoms with Gasteiger partial charge in [-0.2, -0.15) is 0 Å². The fourth-order valence-corrected chi connectivity index (χ4v) is 4.07. The number of nitrogens with zero attached hydrogens (tertiary/aromatic N) is 4. The van der Waals surface area contributed by atoms with E-state index in [0.29, 0.717) is 30.5 Å². The number of hydrogen-bond acceptors (Lipinski definition) is 7. The molecular formula is C20H22N4O3. The molecule has 3 heterocycles. The van der Waals surface area contributed by atoms with Crippen LogP contribution in [0, 0.1) is 0 Å². The highest BCUT2D eigenvalue weighted by atomic mass is 16.5. The van der Waals surface area contributed by atoms with Gasteiger partial charge in [0, 0.05) is 24.6 Å². The molecule has 7 heteroatoms. The van der Waals surface area contributed by atoms with Crippen LogP contribution in [0.4, 0.5) is 5.82 Å². The summed E-state index contributed by atoms with van der Waals surface area (Å²) >= 11 is 0. The van der Waals surface area contributed by atoms with E-state index in [1.807, 2.05) is 6.07 Å². The third-order valence-electron chi connectivity index (χ3n) is 5.48. The fraction of sp³-hybridized carbons (Fsp3) is 0.450. The Morgan fingerprint density at radius 2 is 1.89 bits per heavy atom. The first-order valence-corrected chi connectivity index (χ1v) is 9.59. The zero-order valence-electron chi connectivity index (χ0n) is 15.1. The Morgan fingerprint density at radius 3 is 2.67 bits per heavy atom. The molecule has 1 N–H and O–H groups in total. The van der Waals surface area contributed by atoms with Gasteiger partial charge in [-0.15, -0.1) is 0 Å². The van der Waals surface area contributed by atoms with E-state index in [-0.39, 0.29) is 5.75 Å². The molecule has 2 aromatic heterocycles. The van der Waals surface area contributed by atoms with Crippen molar-refractivity contribution in [2.45, 2.75) is 31.6 Å². The zero-order valence-corrected chi connectivity index (χ0v) is 15.1. The number of phenols is 1. The van der Waals surface area contributed by atoms with Crippen molar-refractivity contribution in [2.75, 3.05) is 31.2 Å². The number of aromatic hydroxyl groups is 1. The molecule has 1 aliphatic heterocycles. The number of ether oxygens (including phenoxy) is 1. The lowest BCUT2D eigenvalue weighted by Gasteiger charge is -2.27. The number of anilines is 1. The first kappa shape index (κ1) is 16.5. The van der Waals surface area contributed by atoms with Crippen molar-refractivity contribution < 1.29 is 14.4 Å². The molecule has 0 unspecified atom stereocenters. The van der Waals surface area contributed by atoms with Crippen LogP contribution >= 0.6 is 0 Å². The SMILES string of the molecule is Oc1cccc(-c2nc(N3CCOCC3)c3onc(C4CCCC4)c3n2)c1. The Morgan fingerprint density at radius 1 is 1.07 bits per heavy atom. The minimum Gasteiger partial charge on any atom is -0.508 e. The fourth-order valence-electron chi connectivity index (χ4n) is 4.07. The maximum Gasteiger partial charge on any atom is 0.227 e. The van der Waals surface area contributed by atoms with Crippen molar-refractivity contribution in [1.82, 2.24) is 15.1 Å². The topological polar surface area (TPSA) is 84.5 Å². The van der Waals surface area contributed by atoms with Gasteiger partial charge in [0.25, 0.3) is 0 Å². The number of hydrogen-bond donors (Lipinski definition) is 1. The lowest BCUT2D eigenvalue weighted by Crippen LogP contribution is -2.37. The molecule has 7 nitrogen and oxygen atoms in total. The van der Waals surface area contributed by atoms with E-state index in [0.717, 1.165) is 48.5 Å². The molecule has 1 aromatic carbocycles. The van der Waals surface area contributed by atoms with Gasteiger partial charge in [0.2, 0.25) is 5.58 Å². The monoisotopic (exact) mass is 366 g/mol. The minimum atomic E-state index is 0.199. The van der Waals surface area contributed by atoms with E-state index in [2.05, 4.69) is 10.1 Å². The minimum absolute atomic E-state index is 0.199. The molecule has 0 atom stereocenters. The van der Waals surface area contributed by atoms with Gasteiger partial charge in [0.15, 0.2) is 11.6 Å². The van der Waals surface area contributed by atoms with E-state index in [9.17, 15) is 5.11 Å². The number of rotatable bonds is 3. The predicted molar refractivity (Wildman–Crippen MR) is 101 cm³/mol. The van der Waals surface area contributed by atoms with Crippen LogP contribution in [0.15, 0.2) is 28.8 Å².